The molecule has 3 N–H and O–H groups in total. The lowest BCUT2D eigenvalue weighted by molar-refractivity contribution is 0.556. The van der Waals surface area contributed by atoms with E-state index in [-0.39, 0.29) is 0 Å². The van der Waals surface area contributed by atoms with Crippen LogP contribution in [0.4, 0.5) is 4.39 Å². The molecule has 3 aromatic rings. The fourth-order valence-electron chi connectivity index (χ4n) is 2.25. The van der Waals surface area contributed by atoms with Gasteiger partial charge in [-0.15, -0.1) is 0 Å². The van der Waals surface area contributed by atoms with Gasteiger partial charge in [0.25, 0.3) is 0 Å². The fraction of sp³-hybridized carbons (Fsp3) is 0.0667. The van der Waals surface area contributed by atoms with Gasteiger partial charge in [0.05, 0.1) is 17.8 Å². The van der Waals surface area contributed by atoms with Crippen LogP contribution in [0.5, 0.6) is 0 Å². The van der Waals surface area contributed by atoms with Crippen LogP contribution < -0.4 is 11.3 Å². The number of halogens is 1. The van der Waals surface area contributed by atoms with Crippen LogP contribution in [0.3, 0.4) is 0 Å². The molecule has 0 amide bonds. The first-order valence-corrected chi connectivity index (χ1v) is 6.20. The Hall–Kier alpha value is -2.37. The first kappa shape index (κ1) is 12.7. The molecular weight excluding hydrogens is 255 g/mol. The van der Waals surface area contributed by atoms with Crippen molar-refractivity contribution in [1.82, 2.24) is 15.4 Å². The maximum absolute atomic E-state index is 13.9. The molecule has 1 aromatic carbocycles. The number of fused-ring (bicyclic) bond motifs is 1. The van der Waals surface area contributed by atoms with E-state index in [1.807, 2.05) is 30.3 Å². The lowest BCUT2D eigenvalue weighted by atomic mass is 9.98. The van der Waals surface area contributed by atoms with Gasteiger partial charge in [0.2, 0.25) is 0 Å². The molecule has 5 heteroatoms. The third-order valence-corrected chi connectivity index (χ3v) is 3.24. The van der Waals surface area contributed by atoms with E-state index in [4.69, 9.17) is 5.84 Å². The minimum Gasteiger partial charge on any atom is -0.271 e. The second-order valence-electron chi connectivity index (χ2n) is 4.45. The maximum Gasteiger partial charge on any atom is 0.146 e. The Morgan fingerprint density at radius 1 is 1.15 bits per heavy atom. The Morgan fingerprint density at radius 3 is 2.85 bits per heavy atom. The molecule has 3 rings (SSSR count). The molecule has 0 bridgehead atoms. The van der Waals surface area contributed by atoms with Crippen molar-refractivity contribution in [3.05, 3.63) is 71.9 Å². The molecule has 0 fully saturated rings. The number of benzene rings is 1. The third-order valence-electron chi connectivity index (χ3n) is 3.24. The predicted molar refractivity (Wildman–Crippen MR) is 75.1 cm³/mol. The van der Waals surface area contributed by atoms with E-state index < -0.39 is 11.9 Å². The van der Waals surface area contributed by atoms with Gasteiger partial charge in [-0.3, -0.25) is 15.8 Å². The molecule has 0 radical (unpaired) electrons. The molecule has 4 nitrogen and oxygen atoms in total. The molecule has 0 spiro atoms. The van der Waals surface area contributed by atoms with Crippen LogP contribution in [0, 0.1) is 5.82 Å². The van der Waals surface area contributed by atoms with Gasteiger partial charge in [-0.1, -0.05) is 18.2 Å². The van der Waals surface area contributed by atoms with Gasteiger partial charge in [0, 0.05) is 23.3 Å². The van der Waals surface area contributed by atoms with Crippen molar-refractivity contribution >= 4 is 10.9 Å². The van der Waals surface area contributed by atoms with Crippen molar-refractivity contribution < 1.29 is 4.39 Å². The van der Waals surface area contributed by atoms with Gasteiger partial charge < -0.3 is 0 Å². The molecule has 20 heavy (non-hydrogen) atoms. The molecule has 0 saturated heterocycles. The minimum absolute atomic E-state index is 0.392. The molecule has 0 saturated carbocycles. The molecule has 1 unspecified atom stereocenters. The van der Waals surface area contributed by atoms with Crippen molar-refractivity contribution in [2.24, 2.45) is 5.84 Å². The van der Waals surface area contributed by atoms with Crippen molar-refractivity contribution in [2.75, 3.05) is 0 Å². The second kappa shape index (κ2) is 5.32. The number of hydrazine groups is 1. The summed E-state index contributed by atoms with van der Waals surface area (Å²) in [5, 5.41) is 1.03. The fourth-order valence-corrected chi connectivity index (χ4v) is 2.25. The van der Waals surface area contributed by atoms with E-state index in [0.717, 1.165) is 16.5 Å². The maximum atomic E-state index is 13.9. The number of hydrogen-bond acceptors (Lipinski definition) is 4. The van der Waals surface area contributed by atoms with Gasteiger partial charge in [0.1, 0.15) is 5.82 Å². The lowest BCUT2D eigenvalue weighted by Gasteiger charge is -2.17. The van der Waals surface area contributed by atoms with Gasteiger partial charge in [-0.05, 0) is 23.8 Å². The SMILES string of the molecule is NNC(c1ccc2cccnc2c1)c1ccncc1F. The summed E-state index contributed by atoms with van der Waals surface area (Å²) >= 11 is 0. The molecule has 100 valence electrons. The summed E-state index contributed by atoms with van der Waals surface area (Å²) in [4.78, 5) is 8.05. The molecule has 0 aliphatic heterocycles. The standard InChI is InChI=1S/C15H13FN4/c16-13-9-18-7-5-12(13)15(20-17)11-4-3-10-2-1-6-19-14(10)8-11/h1-9,15,20H,17H2. The van der Waals surface area contributed by atoms with E-state index in [0.29, 0.717) is 5.56 Å². The largest absolute Gasteiger partial charge is 0.271 e. The Kier molecular flexibility index (Phi) is 3.37. The smallest absolute Gasteiger partial charge is 0.146 e. The average Bonchev–Trinajstić information content (AvgIpc) is 2.50. The normalized spacial score (nSPS) is 12.5. The number of pyridine rings is 2. The number of nitrogens with zero attached hydrogens (tertiary/aromatic N) is 2. The number of rotatable bonds is 3. The summed E-state index contributed by atoms with van der Waals surface area (Å²) in [6, 6.07) is 10.8. The Balaban J connectivity index is 2.10. The van der Waals surface area contributed by atoms with Gasteiger partial charge >= 0.3 is 0 Å². The van der Waals surface area contributed by atoms with Crippen LogP contribution >= 0.6 is 0 Å². The summed E-state index contributed by atoms with van der Waals surface area (Å²) in [5.41, 5.74) is 4.80. The molecular formula is C15H13FN4. The summed E-state index contributed by atoms with van der Waals surface area (Å²) < 4.78 is 13.9. The van der Waals surface area contributed by atoms with Crippen molar-refractivity contribution in [3.8, 4) is 0 Å². The highest BCUT2D eigenvalue weighted by Crippen LogP contribution is 2.25. The third kappa shape index (κ3) is 2.24. The highest BCUT2D eigenvalue weighted by Gasteiger charge is 2.16. The van der Waals surface area contributed by atoms with Gasteiger partial charge in [-0.2, -0.15) is 0 Å². The van der Waals surface area contributed by atoms with Crippen LogP contribution in [0.25, 0.3) is 10.9 Å². The first-order valence-electron chi connectivity index (χ1n) is 6.20. The highest BCUT2D eigenvalue weighted by molar-refractivity contribution is 5.79. The molecule has 1 atom stereocenters. The quantitative estimate of drug-likeness (QED) is 0.565. The molecule has 0 aliphatic rings. The zero-order chi connectivity index (χ0) is 13.9. The van der Waals surface area contributed by atoms with Crippen molar-refractivity contribution in [1.29, 1.82) is 0 Å². The Bertz CT molecular complexity index is 745. The van der Waals surface area contributed by atoms with Gasteiger partial charge in [-0.25, -0.2) is 9.82 Å². The first-order chi connectivity index (χ1) is 9.79. The van der Waals surface area contributed by atoms with Crippen LogP contribution in [-0.2, 0) is 0 Å². The van der Waals surface area contributed by atoms with Crippen LogP contribution in [0.2, 0.25) is 0 Å². The number of aromatic nitrogens is 2. The Labute approximate surface area is 115 Å². The minimum atomic E-state index is -0.440. The molecule has 0 aliphatic carbocycles. The zero-order valence-electron chi connectivity index (χ0n) is 10.6. The monoisotopic (exact) mass is 268 g/mol. The van der Waals surface area contributed by atoms with Crippen molar-refractivity contribution in [3.63, 3.8) is 0 Å². The van der Waals surface area contributed by atoms with Crippen LogP contribution in [-0.4, -0.2) is 9.97 Å². The lowest BCUT2D eigenvalue weighted by Crippen LogP contribution is -2.29. The van der Waals surface area contributed by atoms with E-state index >= 15 is 0 Å². The molecule has 2 aromatic heterocycles. The summed E-state index contributed by atoms with van der Waals surface area (Å²) in [6.07, 6.45) is 4.45. The zero-order valence-corrected chi connectivity index (χ0v) is 10.6. The highest BCUT2D eigenvalue weighted by atomic mass is 19.1. The van der Waals surface area contributed by atoms with Gasteiger partial charge in [0.15, 0.2) is 0 Å². The van der Waals surface area contributed by atoms with E-state index in [1.54, 1.807) is 18.5 Å². The number of nitrogens with two attached hydrogens (primary N) is 1. The van der Waals surface area contributed by atoms with Crippen LogP contribution in [0.1, 0.15) is 17.2 Å². The van der Waals surface area contributed by atoms with Crippen LogP contribution in [0.15, 0.2) is 55.0 Å². The molecule has 2 heterocycles. The second-order valence-corrected chi connectivity index (χ2v) is 4.45. The van der Waals surface area contributed by atoms with Crippen molar-refractivity contribution in [2.45, 2.75) is 6.04 Å². The van der Waals surface area contributed by atoms with E-state index in [9.17, 15) is 4.39 Å². The predicted octanol–water partition coefficient (Wildman–Crippen LogP) is 2.32. The average molecular weight is 268 g/mol. The number of hydrogen-bond donors (Lipinski definition) is 2. The summed E-state index contributed by atoms with van der Waals surface area (Å²) in [7, 11) is 0. The Morgan fingerprint density at radius 2 is 2.05 bits per heavy atom. The topological polar surface area (TPSA) is 63.8 Å². The van der Waals surface area contributed by atoms with E-state index in [2.05, 4.69) is 15.4 Å². The number of nitrogens with one attached hydrogen (secondary N) is 1. The van der Waals surface area contributed by atoms with E-state index in [1.165, 1.54) is 6.20 Å². The summed E-state index contributed by atoms with van der Waals surface area (Å²) in [5.74, 6) is 5.20. The summed E-state index contributed by atoms with van der Waals surface area (Å²) in [6.45, 7) is 0.